The van der Waals surface area contributed by atoms with E-state index in [0.29, 0.717) is 36.3 Å². The summed E-state index contributed by atoms with van der Waals surface area (Å²) in [6, 6.07) is 14.3. The molecule has 156 valence electrons. The van der Waals surface area contributed by atoms with Gasteiger partial charge < -0.3 is 18.9 Å². The molecule has 6 nitrogen and oxygen atoms in total. The standard InChI is InChI=1S/C24H24O6/c1-15-5-3-4-6-19(15)24(26)30-18-11-12-20-21(13-18)28-14-22(23(20)25)29-17-9-7-16(27-2)8-10-17/h3-10,14,18,20-21H,11-13H2,1-2H3. The third kappa shape index (κ3) is 4.17. The van der Waals surface area contributed by atoms with Crippen molar-refractivity contribution in [1.29, 1.82) is 0 Å². The molecule has 6 heteroatoms. The van der Waals surface area contributed by atoms with E-state index in [1.807, 2.05) is 25.1 Å². The van der Waals surface area contributed by atoms with Gasteiger partial charge >= 0.3 is 5.97 Å². The van der Waals surface area contributed by atoms with Crippen molar-refractivity contribution in [3.05, 3.63) is 71.7 Å². The van der Waals surface area contributed by atoms with E-state index in [4.69, 9.17) is 18.9 Å². The summed E-state index contributed by atoms with van der Waals surface area (Å²) in [6.45, 7) is 1.88. The molecule has 0 aromatic heterocycles. The van der Waals surface area contributed by atoms with E-state index in [1.54, 1.807) is 37.4 Å². The molecule has 1 fully saturated rings. The van der Waals surface area contributed by atoms with Gasteiger partial charge in [-0.25, -0.2) is 4.79 Å². The van der Waals surface area contributed by atoms with Gasteiger partial charge in [-0.15, -0.1) is 0 Å². The smallest absolute Gasteiger partial charge is 0.338 e. The number of hydrogen-bond donors (Lipinski definition) is 0. The first-order valence-electron chi connectivity index (χ1n) is 10.0. The van der Waals surface area contributed by atoms with Crippen LogP contribution in [-0.4, -0.2) is 31.1 Å². The van der Waals surface area contributed by atoms with Gasteiger partial charge in [0.15, 0.2) is 0 Å². The Morgan fingerprint density at radius 2 is 1.77 bits per heavy atom. The molecule has 1 aliphatic heterocycles. The number of methoxy groups -OCH3 is 1. The number of carbonyl (C=O) groups is 2. The Morgan fingerprint density at radius 3 is 2.50 bits per heavy atom. The van der Waals surface area contributed by atoms with E-state index in [0.717, 1.165) is 5.56 Å². The first kappa shape index (κ1) is 20.0. The SMILES string of the molecule is COc1ccc(OC2=COC3CC(OC(=O)c4ccccc4C)CCC3C2=O)cc1. The summed E-state index contributed by atoms with van der Waals surface area (Å²) in [5.74, 6) is 0.733. The zero-order valence-corrected chi connectivity index (χ0v) is 17.0. The van der Waals surface area contributed by atoms with Crippen molar-refractivity contribution in [3.8, 4) is 11.5 Å². The second kappa shape index (κ2) is 8.61. The average molecular weight is 408 g/mol. The number of carbonyl (C=O) groups excluding carboxylic acids is 2. The molecular weight excluding hydrogens is 384 g/mol. The van der Waals surface area contributed by atoms with Crippen LogP contribution in [0.4, 0.5) is 0 Å². The molecule has 1 heterocycles. The van der Waals surface area contributed by atoms with Crippen LogP contribution in [0.2, 0.25) is 0 Å². The highest BCUT2D eigenvalue weighted by atomic mass is 16.6. The number of Topliss-reactive ketones (excluding diaryl/α,β-unsaturated/α-hetero) is 1. The van der Waals surface area contributed by atoms with Crippen LogP contribution < -0.4 is 9.47 Å². The topological polar surface area (TPSA) is 71.1 Å². The van der Waals surface area contributed by atoms with Crippen LogP contribution in [0, 0.1) is 12.8 Å². The minimum absolute atomic E-state index is 0.0780. The largest absolute Gasteiger partial charge is 0.497 e. The fraction of sp³-hybridized carbons (Fsp3) is 0.333. The van der Waals surface area contributed by atoms with Gasteiger partial charge in [-0.1, -0.05) is 18.2 Å². The number of benzene rings is 2. The number of esters is 1. The van der Waals surface area contributed by atoms with E-state index < -0.39 is 0 Å². The maximum atomic E-state index is 12.9. The Morgan fingerprint density at radius 1 is 1.03 bits per heavy atom. The van der Waals surface area contributed by atoms with Crippen molar-refractivity contribution in [2.45, 2.75) is 38.4 Å². The molecule has 4 rings (SSSR count). The number of ketones is 1. The van der Waals surface area contributed by atoms with Gasteiger partial charge in [-0.05, 0) is 55.7 Å². The van der Waals surface area contributed by atoms with Crippen molar-refractivity contribution >= 4 is 11.8 Å². The third-order valence-electron chi connectivity index (χ3n) is 5.60. The molecule has 1 aliphatic carbocycles. The van der Waals surface area contributed by atoms with E-state index in [-0.39, 0.29) is 35.6 Å². The normalized spacial score (nSPS) is 22.9. The van der Waals surface area contributed by atoms with Crippen molar-refractivity contribution < 1.29 is 28.5 Å². The summed E-state index contributed by atoms with van der Waals surface area (Å²) in [4.78, 5) is 25.4. The maximum absolute atomic E-state index is 12.9. The molecule has 3 unspecified atom stereocenters. The third-order valence-corrected chi connectivity index (χ3v) is 5.60. The number of allylic oxidation sites excluding steroid dienone is 1. The average Bonchev–Trinajstić information content (AvgIpc) is 2.76. The molecular formula is C24H24O6. The van der Waals surface area contributed by atoms with Crippen LogP contribution in [0.5, 0.6) is 11.5 Å². The first-order chi connectivity index (χ1) is 14.5. The zero-order chi connectivity index (χ0) is 21.1. The summed E-state index contributed by atoms with van der Waals surface area (Å²) < 4.78 is 22.3. The van der Waals surface area contributed by atoms with Crippen LogP contribution in [0.3, 0.4) is 0 Å². The number of hydrogen-bond acceptors (Lipinski definition) is 6. The molecule has 2 aromatic carbocycles. The van der Waals surface area contributed by atoms with Crippen LogP contribution in [-0.2, 0) is 14.3 Å². The van der Waals surface area contributed by atoms with Crippen LogP contribution in [0.15, 0.2) is 60.6 Å². The van der Waals surface area contributed by atoms with Crippen molar-refractivity contribution in [3.63, 3.8) is 0 Å². The van der Waals surface area contributed by atoms with Crippen LogP contribution in [0.25, 0.3) is 0 Å². The Labute approximate surface area is 175 Å². The molecule has 0 amide bonds. The highest BCUT2D eigenvalue weighted by Crippen LogP contribution is 2.35. The van der Waals surface area contributed by atoms with Gasteiger partial charge in [0.1, 0.15) is 30.0 Å². The molecule has 0 spiro atoms. The van der Waals surface area contributed by atoms with Gasteiger partial charge in [0.25, 0.3) is 0 Å². The van der Waals surface area contributed by atoms with Gasteiger partial charge in [0.2, 0.25) is 11.5 Å². The van der Waals surface area contributed by atoms with E-state index >= 15 is 0 Å². The van der Waals surface area contributed by atoms with Gasteiger partial charge in [-0.2, -0.15) is 0 Å². The zero-order valence-electron chi connectivity index (χ0n) is 17.0. The second-order valence-corrected chi connectivity index (χ2v) is 7.56. The van der Waals surface area contributed by atoms with Crippen molar-refractivity contribution in [1.82, 2.24) is 0 Å². The summed E-state index contributed by atoms with van der Waals surface area (Å²) in [5, 5.41) is 0. The fourth-order valence-corrected chi connectivity index (χ4v) is 3.90. The second-order valence-electron chi connectivity index (χ2n) is 7.56. The lowest BCUT2D eigenvalue weighted by Gasteiger charge is -2.36. The molecule has 0 saturated heterocycles. The summed E-state index contributed by atoms with van der Waals surface area (Å²) in [5.41, 5.74) is 1.44. The lowest BCUT2D eigenvalue weighted by Crippen LogP contribution is -2.43. The van der Waals surface area contributed by atoms with E-state index in [1.165, 1.54) is 6.26 Å². The number of ether oxygens (including phenoxy) is 4. The Hall–Kier alpha value is -3.28. The monoisotopic (exact) mass is 408 g/mol. The van der Waals surface area contributed by atoms with Crippen LogP contribution in [0.1, 0.15) is 35.2 Å². The summed E-state index contributed by atoms with van der Waals surface area (Å²) in [6.07, 6.45) is 2.47. The molecule has 0 N–H and O–H groups in total. The molecule has 0 bridgehead atoms. The number of rotatable bonds is 5. The highest BCUT2D eigenvalue weighted by Gasteiger charge is 2.42. The lowest BCUT2D eigenvalue weighted by atomic mass is 9.80. The quantitative estimate of drug-likeness (QED) is 0.690. The van der Waals surface area contributed by atoms with Gasteiger partial charge in [0, 0.05) is 6.42 Å². The minimum atomic E-state index is -0.335. The van der Waals surface area contributed by atoms with Crippen LogP contribution >= 0.6 is 0 Å². The molecule has 1 saturated carbocycles. The Kier molecular flexibility index (Phi) is 5.74. The Balaban J connectivity index is 1.38. The van der Waals surface area contributed by atoms with Gasteiger partial charge in [-0.3, -0.25) is 4.79 Å². The maximum Gasteiger partial charge on any atom is 0.338 e. The highest BCUT2D eigenvalue weighted by molar-refractivity contribution is 5.96. The Bertz CT molecular complexity index is 962. The molecule has 0 radical (unpaired) electrons. The predicted octanol–water partition coefficient (Wildman–Crippen LogP) is 4.22. The summed E-state index contributed by atoms with van der Waals surface area (Å²) >= 11 is 0. The van der Waals surface area contributed by atoms with Crippen molar-refractivity contribution in [2.75, 3.05) is 7.11 Å². The predicted molar refractivity (Wildman–Crippen MR) is 109 cm³/mol. The summed E-state index contributed by atoms with van der Waals surface area (Å²) in [7, 11) is 1.59. The van der Waals surface area contributed by atoms with E-state index in [9.17, 15) is 9.59 Å². The molecule has 3 atom stereocenters. The molecule has 2 aliphatic rings. The first-order valence-corrected chi connectivity index (χ1v) is 10.0. The number of fused-ring (bicyclic) bond motifs is 1. The lowest BCUT2D eigenvalue weighted by molar-refractivity contribution is -0.132. The fourth-order valence-electron chi connectivity index (χ4n) is 3.90. The van der Waals surface area contributed by atoms with Gasteiger partial charge in [0.05, 0.1) is 18.6 Å². The van der Waals surface area contributed by atoms with E-state index in [2.05, 4.69) is 0 Å². The van der Waals surface area contributed by atoms with Crippen molar-refractivity contribution in [2.24, 2.45) is 5.92 Å². The minimum Gasteiger partial charge on any atom is -0.497 e. The molecule has 2 aromatic rings. The molecule has 30 heavy (non-hydrogen) atoms. The number of aryl methyl sites for hydroxylation is 1.